The number of halogens is 2. The Morgan fingerprint density at radius 3 is 2.69 bits per heavy atom. The van der Waals surface area contributed by atoms with Gasteiger partial charge in [-0.1, -0.05) is 18.2 Å². The molecule has 2 rings (SSSR count). The van der Waals surface area contributed by atoms with Crippen LogP contribution in [0.4, 0.5) is 0 Å². The molecule has 0 aliphatic rings. The van der Waals surface area contributed by atoms with Crippen molar-refractivity contribution in [3.63, 3.8) is 0 Å². The fourth-order valence-corrected chi connectivity index (χ4v) is 2.60. The normalized spacial score (nSPS) is 12.1. The van der Waals surface area contributed by atoms with Gasteiger partial charge < -0.3 is 15.4 Å². The first-order valence-electron chi connectivity index (χ1n) is 8.44. The molecule has 0 aliphatic heterocycles. The molecule has 0 fully saturated rings. The lowest BCUT2D eigenvalue weighted by atomic mass is 10.2. The first-order chi connectivity index (χ1) is 12.1. The number of nitrogens with zero attached hydrogens (tertiary/aromatic N) is 2. The number of hydrogen-bond acceptors (Lipinski definition) is 3. The highest BCUT2D eigenvalue weighted by atomic mass is 127. The summed E-state index contributed by atoms with van der Waals surface area (Å²) in [6.07, 6.45) is 1.80. The Morgan fingerprint density at radius 2 is 2.00 bits per heavy atom. The predicted molar refractivity (Wildman–Crippen MR) is 121 cm³/mol. The van der Waals surface area contributed by atoms with Gasteiger partial charge in [0.25, 0.3) is 0 Å². The number of rotatable bonds is 7. The lowest BCUT2D eigenvalue weighted by Gasteiger charge is -2.18. The van der Waals surface area contributed by atoms with Crippen LogP contribution in [0.1, 0.15) is 25.1 Å². The maximum atomic E-state index is 5.95. The van der Waals surface area contributed by atoms with E-state index < -0.39 is 0 Å². The molecular weight excluding hydrogens is 507 g/mol. The second-order valence-electron chi connectivity index (χ2n) is 5.70. The van der Waals surface area contributed by atoms with Crippen molar-refractivity contribution in [3.05, 3.63) is 58.3 Å². The van der Waals surface area contributed by atoms with E-state index in [0.717, 1.165) is 34.0 Å². The van der Waals surface area contributed by atoms with Crippen molar-refractivity contribution < 1.29 is 4.74 Å². The molecule has 7 heteroatoms. The van der Waals surface area contributed by atoms with Crippen molar-refractivity contribution in [3.8, 4) is 5.75 Å². The standard InChI is InChI=1S/C19H25BrN4O.HI/c1-4-21-19(24-13-17-14(2)8-7-11-22-17)23-12-15(3)25-18-10-6-5-9-16(18)20;/h5-11,15H,4,12-13H2,1-3H3,(H2,21,23,24);1H. The molecule has 1 aromatic carbocycles. The topological polar surface area (TPSA) is 58.5 Å². The van der Waals surface area contributed by atoms with Crippen molar-refractivity contribution >= 4 is 45.9 Å². The van der Waals surface area contributed by atoms with Crippen LogP contribution in [0.3, 0.4) is 0 Å². The number of benzene rings is 1. The summed E-state index contributed by atoms with van der Waals surface area (Å²) < 4.78 is 6.90. The van der Waals surface area contributed by atoms with Gasteiger partial charge in [-0.05, 0) is 60.5 Å². The lowest BCUT2D eigenvalue weighted by Crippen LogP contribution is -2.41. The van der Waals surface area contributed by atoms with Crippen molar-refractivity contribution in [2.75, 3.05) is 13.1 Å². The van der Waals surface area contributed by atoms with Crippen LogP contribution in [0, 0.1) is 6.92 Å². The SMILES string of the molecule is CCNC(=NCc1ncccc1C)NCC(C)Oc1ccccc1Br.I. The first kappa shape index (κ1) is 22.7. The highest BCUT2D eigenvalue weighted by Gasteiger charge is 2.08. The first-order valence-corrected chi connectivity index (χ1v) is 9.23. The van der Waals surface area contributed by atoms with E-state index in [2.05, 4.69) is 36.5 Å². The van der Waals surface area contributed by atoms with Crippen LogP contribution < -0.4 is 15.4 Å². The Bertz CT molecular complexity index is 711. The van der Waals surface area contributed by atoms with Gasteiger partial charge in [0.15, 0.2) is 5.96 Å². The minimum atomic E-state index is -0.000794. The van der Waals surface area contributed by atoms with Gasteiger partial charge in [0.1, 0.15) is 11.9 Å². The van der Waals surface area contributed by atoms with E-state index in [0.29, 0.717) is 13.1 Å². The number of para-hydroxylation sites is 1. The van der Waals surface area contributed by atoms with Gasteiger partial charge in [0.2, 0.25) is 0 Å². The van der Waals surface area contributed by atoms with Crippen LogP contribution >= 0.6 is 39.9 Å². The Balaban J connectivity index is 0.00000338. The maximum Gasteiger partial charge on any atom is 0.191 e. The van der Waals surface area contributed by atoms with Crippen LogP contribution in [0.5, 0.6) is 5.75 Å². The van der Waals surface area contributed by atoms with Crippen molar-refractivity contribution in [1.82, 2.24) is 15.6 Å². The zero-order valence-electron chi connectivity index (χ0n) is 15.3. The van der Waals surface area contributed by atoms with Gasteiger partial charge in [-0.3, -0.25) is 4.98 Å². The van der Waals surface area contributed by atoms with Crippen molar-refractivity contribution in [2.24, 2.45) is 4.99 Å². The summed E-state index contributed by atoms with van der Waals surface area (Å²) >= 11 is 3.50. The predicted octanol–water partition coefficient (Wildman–Crippen LogP) is 4.29. The molecule has 1 atom stereocenters. The van der Waals surface area contributed by atoms with Crippen LogP contribution in [0.15, 0.2) is 52.1 Å². The maximum absolute atomic E-state index is 5.95. The van der Waals surface area contributed by atoms with E-state index in [1.54, 1.807) is 6.20 Å². The third-order valence-corrected chi connectivity index (χ3v) is 4.23. The summed E-state index contributed by atoms with van der Waals surface area (Å²) in [4.78, 5) is 8.99. The average molecular weight is 533 g/mol. The zero-order chi connectivity index (χ0) is 18.1. The molecular formula is C19H26BrIN4O. The Hall–Kier alpha value is -1.35. The number of hydrogen-bond donors (Lipinski definition) is 2. The molecule has 2 N–H and O–H groups in total. The minimum absolute atomic E-state index is 0. The monoisotopic (exact) mass is 532 g/mol. The number of nitrogens with one attached hydrogen (secondary N) is 2. The molecule has 5 nitrogen and oxygen atoms in total. The molecule has 142 valence electrons. The Labute approximate surface area is 181 Å². The number of aromatic nitrogens is 1. The molecule has 2 aromatic rings. The van der Waals surface area contributed by atoms with Gasteiger partial charge >= 0.3 is 0 Å². The quantitative estimate of drug-likeness (QED) is 0.317. The molecule has 0 aliphatic carbocycles. The van der Waals surface area contributed by atoms with E-state index in [1.165, 1.54) is 0 Å². The lowest BCUT2D eigenvalue weighted by molar-refractivity contribution is 0.222. The number of guanidine groups is 1. The van der Waals surface area contributed by atoms with Gasteiger partial charge in [0.05, 0.1) is 23.3 Å². The largest absolute Gasteiger partial charge is 0.488 e. The van der Waals surface area contributed by atoms with Crippen LogP contribution in [0.2, 0.25) is 0 Å². The molecule has 1 unspecified atom stereocenters. The number of ether oxygens (including phenoxy) is 1. The van der Waals surface area contributed by atoms with Gasteiger partial charge in [-0.25, -0.2) is 4.99 Å². The van der Waals surface area contributed by atoms with Crippen LogP contribution in [-0.4, -0.2) is 30.1 Å². The van der Waals surface area contributed by atoms with E-state index in [4.69, 9.17) is 4.74 Å². The second-order valence-corrected chi connectivity index (χ2v) is 6.56. The summed E-state index contributed by atoms with van der Waals surface area (Å²) in [5, 5.41) is 6.57. The van der Waals surface area contributed by atoms with Gasteiger partial charge in [-0.15, -0.1) is 24.0 Å². The second kappa shape index (κ2) is 12.1. The summed E-state index contributed by atoms with van der Waals surface area (Å²) in [6.45, 7) is 8.11. The van der Waals surface area contributed by atoms with Gasteiger partial charge in [-0.2, -0.15) is 0 Å². The summed E-state index contributed by atoms with van der Waals surface area (Å²) in [6, 6.07) is 11.8. The number of aryl methyl sites for hydroxylation is 1. The van der Waals surface area contributed by atoms with Crippen molar-refractivity contribution in [2.45, 2.75) is 33.4 Å². The molecule has 0 amide bonds. The molecule has 0 saturated heterocycles. The highest BCUT2D eigenvalue weighted by Crippen LogP contribution is 2.24. The molecule has 1 aromatic heterocycles. The zero-order valence-corrected chi connectivity index (χ0v) is 19.2. The molecule has 0 spiro atoms. The molecule has 26 heavy (non-hydrogen) atoms. The Morgan fingerprint density at radius 1 is 1.23 bits per heavy atom. The van der Waals surface area contributed by atoms with Gasteiger partial charge in [0, 0.05) is 12.7 Å². The van der Waals surface area contributed by atoms with E-state index in [1.807, 2.05) is 57.2 Å². The molecule has 0 radical (unpaired) electrons. The average Bonchev–Trinajstić information content (AvgIpc) is 2.60. The Kier molecular flexibility index (Phi) is 10.6. The number of pyridine rings is 1. The van der Waals surface area contributed by atoms with E-state index >= 15 is 0 Å². The molecule has 0 saturated carbocycles. The fourth-order valence-electron chi connectivity index (χ4n) is 2.22. The summed E-state index contributed by atoms with van der Waals surface area (Å²) in [5.41, 5.74) is 2.13. The molecule has 1 heterocycles. The van der Waals surface area contributed by atoms with Crippen LogP contribution in [-0.2, 0) is 6.54 Å². The highest BCUT2D eigenvalue weighted by molar-refractivity contribution is 14.0. The summed E-state index contributed by atoms with van der Waals surface area (Å²) in [5.74, 6) is 1.60. The third kappa shape index (κ3) is 7.49. The van der Waals surface area contributed by atoms with Crippen molar-refractivity contribution in [1.29, 1.82) is 0 Å². The van der Waals surface area contributed by atoms with Crippen LogP contribution in [0.25, 0.3) is 0 Å². The third-order valence-electron chi connectivity index (χ3n) is 3.57. The fraction of sp³-hybridized carbons (Fsp3) is 0.368. The smallest absolute Gasteiger partial charge is 0.191 e. The minimum Gasteiger partial charge on any atom is -0.488 e. The van der Waals surface area contributed by atoms with E-state index in [9.17, 15) is 0 Å². The van der Waals surface area contributed by atoms with E-state index in [-0.39, 0.29) is 30.1 Å². The molecule has 0 bridgehead atoms. The summed E-state index contributed by atoms with van der Waals surface area (Å²) in [7, 11) is 0. The number of aliphatic imine (C=N–C) groups is 1.